The van der Waals surface area contributed by atoms with Crippen LogP contribution >= 0.6 is 11.6 Å². The lowest BCUT2D eigenvalue weighted by molar-refractivity contribution is 0.0756. The predicted octanol–water partition coefficient (Wildman–Crippen LogP) is 3.16. The zero-order valence-corrected chi connectivity index (χ0v) is 10.1. The Morgan fingerprint density at radius 2 is 1.78 bits per heavy atom. The summed E-state index contributed by atoms with van der Waals surface area (Å²) in [6.07, 6.45) is -0.541. The van der Waals surface area contributed by atoms with Crippen LogP contribution in [0.5, 0.6) is 5.75 Å². The van der Waals surface area contributed by atoms with E-state index in [1.54, 1.807) is 24.3 Å². The van der Waals surface area contributed by atoms with Gasteiger partial charge >= 0.3 is 0 Å². The third-order valence-corrected chi connectivity index (χ3v) is 3.17. The molecule has 1 atom stereocenters. The monoisotopic (exact) mass is 259 g/mol. The van der Waals surface area contributed by atoms with Crippen LogP contribution in [-0.2, 0) is 0 Å². The molecule has 1 N–H and O–H groups in total. The zero-order chi connectivity index (χ0) is 12.5. The summed E-state index contributed by atoms with van der Waals surface area (Å²) in [7, 11) is 0. The van der Waals surface area contributed by atoms with Crippen LogP contribution in [0.25, 0.3) is 0 Å². The molecule has 0 spiro atoms. The number of benzene rings is 2. The number of hydrogen-bond acceptors (Lipinski definition) is 2. The summed E-state index contributed by atoms with van der Waals surface area (Å²) in [5.41, 5.74) is 1.29. The molecule has 3 nitrogen and oxygen atoms in total. The minimum atomic E-state index is -0.541. The number of fused-ring (bicyclic) bond motifs is 1. The van der Waals surface area contributed by atoms with E-state index in [0.717, 1.165) is 5.56 Å². The average molecular weight is 260 g/mol. The Morgan fingerprint density at radius 1 is 1.06 bits per heavy atom. The molecule has 4 heteroatoms. The summed E-state index contributed by atoms with van der Waals surface area (Å²) in [5, 5.41) is 3.36. The molecule has 0 unspecified atom stereocenters. The molecule has 0 saturated carbocycles. The van der Waals surface area contributed by atoms with E-state index in [1.165, 1.54) is 0 Å². The van der Waals surface area contributed by atoms with Crippen molar-refractivity contribution in [1.82, 2.24) is 5.32 Å². The van der Waals surface area contributed by atoms with Gasteiger partial charge in [-0.3, -0.25) is 4.79 Å². The van der Waals surface area contributed by atoms with Crippen LogP contribution in [0.15, 0.2) is 48.5 Å². The molecule has 1 aliphatic rings. The second-order valence-electron chi connectivity index (χ2n) is 3.99. The van der Waals surface area contributed by atoms with E-state index in [-0.39, 0.29) is 5.91 Å². The molecule has 1 aliphatic heterocycles. The Bertz CT molecular complexity index is 612. The first-order valence-corrected chi connectivity index (χ1v) is 5.94. The molecule has 3 rings (SSSR count). The summed E-state index contributed by atoms with van der Waals surface area (Å²) in [6.45, 7) is 0. The third-order valence-electron chi connectivity index (χ3n) is 2.83. The summed E-state index contributed by atoms with van der Waals surface area (Å²) in [5.74, 6) is 0.424. The number of carbonyl (C=O) groups excluding carboxylic acids is 1. The van der Waals surface area contributed by atoms with Gasteiger partial charge in [0.25, 0.3) is 5.91 Å². The molecule has 0 fully saturated rings. The zero-order valence-electron chi connectivity index (χ0n) is 9.39. The number of halogens is 1. The lowest BCUT2D eigenvalue weighted by Crippen LogP contribution is -2.36. The number of rotatable bonds is 1. The predicted molar refractivity (Wildman–Crippen MR) is 68.7 cm³/mol. The molecule has 2 aromatic carbocycles. The SMILES string of the molecule is O=C1N[C@H](c2ccccc2Cl)Oc2ccccc21. The van der Waals surface area contributed by atoms with Crippen molar-refractivity contribution in [1.29, 1.82) is 0 Å². The molecule has 2 aromatic rings. The van der Waals surface area contributed by atoms with E-state index in [4.69, 9.17) is 16.3 Å². The first kappa shape index (κ1) is 11.1. The van der Waals surface area contributed by atoms with Gasteiger partial charge in [0.15, 0.2) is 6.23 Å². The average Bonchev–Trinajstić information content (AvgIpc) is 2.39. The fourth-order valence-corrected chi connectivity index (χ4v) is 2.17. The van der Waals surface area contributed by atoms with Crippen LogP contribution in [0.2, 0.25) is 5.02 Å². The quantitative estimate of drug-likeness (QED) is 0.854. The normalized spacial score (nSPS) is 17.6. The fraction of sp³-hybridized carbons (Fsp3) is 0.0714. The van der Waals surface area contributed by atoms with E-state index >= 15 is 0 Å². The smallest absolute Gasteiger partial charge is 0.258 e. The van der Waals surface area contributed by atoms with Gasteiger partial charge in [0, 0.05) is 10.6 Å². The highest BCUT2D eigenvalue weighted by atomic mass is 35.5. The van der Waals surface area contributed by atoms with Crippen LogP contribution in [0.1, 0.15) is 22.1 Å². The fourth-order valence-electron chi connectivity index (χ4n) is 1.94. The van der Waals surface area contributed by atoms with Gasteiger partial charge < -0.3 is 10.1 Å². The standard InChI is InChI=1S/C14H10ClNO2/c15-11-7-3-1-5-9(11)14-16-13(17)10-6-2-4-8-12(10)18-14/h1-8,14H,(H,16,17)/t14-/m0/s1. The molecule has 1 heterocycles. The minimum Gasteiger partial charge on any atom is -0.466 e. The number of carbonyl (C=O) groups is 1. The van der Waals surface area contributed by atoms with E-state index in [2.05, 4.69) is 5.32 Å². The van der Waals surface area contributed by atoms with Crippen molar-refractivity contribution in [2.45, 2.75) is 6.23 Å². The Labute approximate surface area is 109 Å². The largest absolute Gasteiger partial charge is 0.466 e. The summed E-state index contributed by atoms with van der Waals surface area (Å²) < 4.78 is 5.75. The number of ether oxygens (including phenoxy) is 1. The maximum Gasteiger partial charge on any atom is 0.258 e. The first-order valence-electron chi connectivity index (χ1n) is 5.56. The summed E-state index contributed by atoms with van der Waals surface area (Å²) in [6, 6.07) is 14.4. The van der Waals surface area contributed by atoms with Crippen LogP contribution in [0, 0.1) is 0 Å². The van der Waals surface area contributed by atoms with Gasteiger partial charge in [0.2, 0.25) is 0 Å². The lowest BCUT2D eigenvalue weighted by atomic mass is 10.1. The van der Waals surface area contributed by atoms with Gasteiger partial charge in [0.05, 0.1) is 5.56 Å². The van der Waals surface area contributed by atoms with Crippen molar-refractivity contribution in [3.63, 3.8) is 0 Å². The Kier molecular flexibility index (Phi) is 2.68. The van der Waals surface area contributed by atoms with E-state index in [9.17, 15) is 4.79 Å². The van der Waals surface area contributed by atoms with E-state index in [0.29, 0.717) is 16.3 Å². The van der Waals surface area contributed by atoms with Crippen molar-refractivity contribution in [3.8, 4) is 5.75 Å². The number of nitrogens with one attached hydrogen (secondary N) is 1. The highest BCUT2D eigenvalue weighted by molar-refractivity contribution is 6.31. The van der Waals surface area contributed by atoms with E-state index < -0.39 is 6.23 Å². The maximum atomic E-state index is 11.9. The molecular weight excluding hydrogens is 250 g/mol. The topological polar surface area (TPSA) is 38.3 Å². The molecule has 90 valence electrons. The van der Waals surface area contributed by atoms with Gasteiger partial charge in [-0.15, -0.1) is 0 Å². The molecule has 0 radical (unpaired) electrons. The minimum absolute atomic E-state index is 0.151. The van der Waals surface area contributed by atoms with Crippen molar-refractivity contribution in [2.75, 3.05) is 0 Å². The van der Waals surface area contributed by atoms with Crippen molar-refractivity contribution >= 4 is 17.5 Å². The van der Waals surface area contributed by atoms with Crippen molar-refractivity contribution < 1.29 is 9.53 Å². The Balaban J connectivity index is 2.00. The molecule has 0 aromatic heterocycles. The summed E-state index contributed by atoms with van der Waals surface area (Å²) in [4.78, 5) is 11.9. The lowest BCUT2D eigenvalue weighted by Gasteiger charge is -2.27. The van der Waals surface area contributed by atoms with Gasteiger partial charge in [-0.05, 0) is 18.2 Å². The van der Waals surface area contributed by atoms with Crippen LogP contribution in [0.4, 0.5) is 0 Å². The van der Waals surface area contributed by atoms with Crippen LogP contribution in [-0.4, -0.2) is 5.91 Å². The van der Waals surface area contributed by atoms with Crippen molar-refractivity contribution in [2.24, 2.45) is 0 Å². The van der Waals surface area contributed by atoms with Crippen LogP contribution in [0.3, 0.4) is 0 Å². The molecule has 18 heavy (non-hydrogen) atoms. The van der Waals surface area contributed by atoms with Gasteiger partial charge in [0.1, 0.15) is 5.75 Å². The highest BCUT2D eigenvalue weighted by Crippen LogP contribution is 2.31. The molecular formula is C14H10ClNO2. The molecule has 0 bridgehead atoms. The van der Waals surface area contributed by atoms with E-state index in [1.807, 2.05) is 24.3 Å². The number of amides is 1. The van der Waals surface area contributed by atoms with Crippen LogP contribution < -0.4 is 10.1 Å². The second kappa shape index (κ2) is 4.35. The molecule has 1 amide bonds. The third kappa shape index (κ3) is 1.83. The maximum absolute atomic E-state index is 11.9. The first-order chi connectivity index (χ1) is 8.75. The van der Waals surface area contributed by atoms with Gasteiger partial charge in [-0.2, -0.15) is 0 Å². The highest BCUT2D eigenvalue weighted by Gasteiger charge is 2.27. The second-order valence-corrected chi connectivity index (χ2v) is 4.40. The Hall–Kier alpha value is -2.00. The number of hydrogen-bond donors (Lipinski definition) is 1. The van der Waals surface area contributed by atoms with Crippen molar-refractivity contribution in [3.05, 3.63) is 64.7 Å². The Morgan fingerprint density at radius 3 is 2.61 bits per heavy atom. The molecule has 0 aliphatic carbocycles. The van der Waals surface area contributed by atoms with Gasteiger partial charge in [-0.1, -0.05) is 41.9 Å². The van der Waals surface area contributed by atoms with Gasteiger partial charge in [-0.25, -0.2) is 0 Å². The number of para-hydroxylation sites is 1. The summed E-state index contributed by atoms with van der Waals surface area (Å²) >= 11 is 6.10. The molecule has 0 saturated heterocycles.